The summed E-state index contributed by atoms with van der Waals surface area (Å²) in [5, 5.41) is 27.8. The molecule has 3 aromatic rings. The van der Waals surface area contributed by atoms with Crippen molar-refractivity contribution in [1.82, 2.24) is 5.16 Å². The Morgan fingerprint density at radius 3 is 2.10 bits per heavy atom. The van der Waals surface area contributed by atoms with E-state index in [1.165, 1.54) is 0 Å². The van der Waals surface area contributed by atoms with E-state index < -0.39 is 0 Å². The van der Waals surface area contributed by atoms with Crippen molar-refractivity contribution in [2.24, 2.45) is 21.8 Å². The molecule has 0 unspecified atom stereocenters. The lowest BCUT2D eigenvalue weighted by Crippen LogP contribution is -2.12. The average Bonchev–Trinajstić information content (AvgIpc) is 3.16. The Morgan fingerprint density at radius 2 is 1.52 bits per heavy atom. The second kappa shape index (κ2) is 11.4. The minimum Gasteiger partial charge on any atom is -0.409 e. The summed E-state index contributed by atoms with van der Waals surface area (Å²) in [6, 6.07) is 13.6. The molecule has 0 radical (unpaired) electrons. The van der Waals surface area contributed by atoms with Gasteiger partial charge in [0, 0.05) is 28.3 Å². The van der Waals surface area contributed by atoms with Gasteiger partial charge in [0.1, 0.15) is 5.69 Å². The summed E-state index contributed by atoms with van der Waals surface area (Å²) < 4.78 is 5.38. The summed E-state index contributed by atoms with van der Waals surface area (Å²) in [5.41, 5.74) is 14.1. The van der Waals surface area contributed by atoms with E-state index in [4.69, 9.17) is 38.0 Å². The summed E-state index contributed by atoms with van der Waals surface area (Å²) in [6.45, 7) is 0. The monoisotopic (exact) mass is 479 g/mol. The SMILES string of the molecule is Cl.Cl.Cl.N/C(=N\O)c1cccc(-c2cc(-c3ccc(/C(N)=N/O)cc3Cl)on2)c1. The molecule has 6 N–H and O–H groups in total. The highest BCUT2D eigenvalue weighted by Gasteiger charge is 2.14. The zero-order valence-corrected chi connectivity index (χ0v) is 17.7. The lowest BCUT2D eigenvalue weighted by Gasteiger charge is -2.03. The van der Waals surface area contributed by atoms with E-state index >= 15 is 0 Å². The number of nitrogens with zero attached hydrogens (tertiary/aromatic N) is 3. The number of aromatic nitrogens is 1. The predicted octanol–water partition coefficient (Wildman–Crippen LogP) is 4.12. The van der Waals surface area contributed by atoms with E-state index in [1.54, 1.807) is 42.5 Å². The van der Waals surface area contributed by atoms with Gasteiger partial charge in [0.25, 0.3) is 0 Å². The van der Waals surface area contributed by atoms with Crippen LogP contribution in [0.15, 0.2) is 63.4 Å². The van der Waals surface area contributed by atoms with Gasteiger partial charge in [-0.1, -0.05) is 51.3 Å². The van der Waals surface area contributed by atoms with Crippen molar-refractivity contribution in [3.8, 4) is 22.6 Å². The van der Waals surface area contributed by atoms with Gasteiger partial charge in [-0.3, -0.25) is 0 Å². The summed E-state index contributed by atoms with van der Waals surface area (Å²) in [7, 11) is 0. The first-order valence-electron chi connectivity index (χ1n) is 7.36. The van der Waals surface area contributed by atoms with E-state index in [9.17, 15) is 0 Å². The maximum absolute atomic E-state index is 8.79. The lowest BCUT2D eigenvalue weighted by atomic mass is 10.1. The van der Waals surface area contributed by atoms with Crippen LogP contribution < -0.4 is 11.5 Å². The standard InChI is InChI=1S/C17H14ClN5O3.3ClH/c18-13-7-11(17(20)22-25)4-5-12(13)15-8-14(23-26-15)9-2-1-3-10(6-9)16(19)21-24;;;/h1-8,24-25H,(H2,19,21)(H2,20,22);3*1H. The minimum absolute atomic E-state index is 0. The van der Waals surface area contributed by atoms with Gasteiger partial charge in [0.05, 0.1) is 5.02 Å². The highest BCUT2D eigenvalue weighted by Crippen LogP contribution is 2.32. The third-order valence-electron chi connectivity index (χ3n) is 3.71. The number of halogens is 4. The molecule has 0 aliphatic rings. The van der Waals surface area contributed by atoms with Crippen LogP contribution in [0.3, 0.4) is 0 Å². The van der Waals surface area contributed by atoms with E-state index in [0.717, 1.165) is 5.56 Å². The van der Waals surface area contributed by atoms with Crippen LogP contribution in [0.25, 0.3) is 22.6 Å². The number of rotatable bonds is 4. The first-order chi connectivity index (χ1) is 12.5. The molecule has 1 heterocycles. The van der Waals surface area contributed by atoms with Crippen LogP contribution in [0.4, 0.5) is 0 Å². The van der Waals surface area contributed by atoms with Crippen LogP contribution in [-0.4, -0.2) is 27.2 Å². The number of hydrogen-bond donors (Lipinski definition) is 4. The molecule has 0 amide bonds. The maximum atomic E-state index is 8.79. The average molecular weight is 481 g/mol. The molecule has 8 nitrogen and oxygen atoms in total. The van der Waals surface area contributed by atoms with Gasteiger partial charge in [0.2, 0.25) is 0 Å². The fourth-order valence-corrected chi connectivity index (χ4v) is 2.64. The van der Waals surface area contributed by atoms with E-state index in [2.05, 4.69) is 15.5 Å². The van der Waals surface area contributed by atoms with E-state index in [-0.39, 0.29) is 48.9 Å². The normalized spacial score (nSPS) is 11.1. The minimum atomic E-state index is -0.0448. The van der Waals surface area contributed by atoms with Crippen LogP contribution in [0.5, 0.6) is 0 Å². The summed E-state index contributed by atoms with van der Waals surface area (Å²) in [5.74, 6) is 0.402. The highest BCUT2D eigenvalue weighted by atomic mass is 35.5. The summed E-state index contributed by atoms with van der Waals surface area (Å²) in [4.78, 5) is 0. The first kappa shape index (κ1) is 26.4. The Morgan fingerprint density at radius 1 is 0.897 bits per heavy atom. The quantitative estimate of drug-likeness (QED) is 0.191. The molecular formula is C17H17Cl4N5O3. The molecule has 0 aliphatic carbocycles. The number of benzene rings is 2. The van der Waals surface area contributed by atoms with Crippen LogP contribution >= 0.6 is 48.8 Å². The molecule has 3 rings (SSSR count). The number of amidine groups is 2. The van der Waals surface area contributed by atoms with Crippen LogP contribution in [0.2, 0.25) is 5.02 Å². The van der Waals surface area contributed by atoms with Crippen LogP contribution in [-0.2, 0) is 0 Å². The fraction of sp³-hybridized carbons (Fsp3) is 0. The molecule has 12 heteroatoms. The largest absolute Gasteiger partial charge is 0.409 e. The van der Waals surface area contributed by atoms with Gasteiger partial charge in [-0.2, -0.15) is 0 Å². The smallest absolute Gasteiger partial charge is 0.170 e. The number of hydrogen-bond acceptors (Lipinski definition) is 6. The van der Waals surface area contributed by atoms with Gasteiger partial charge in [0.15, 0.2) is 17.4 Å². The first-order valence-corrected chi connectivity index (χ1v) is 7.74. The Bertz CT molecular complexity index is 1020. The molecule has 0 fully saturated rings. The van der Waals surface area contributed by atoms with Gasteiger partial charge in [-0.15, -0.1) is 37.2 Å². The van der Waals surface area contributed by atoms with Crippen LogP contribution in [0, 0.1) is 0 Å². The molecule has 1 aromatic heterocycles. The molecule has 0 bridgehead atoms. The molecule has 2 aromatic carbocycles. The van der Waals surface area contributed by atoms with Gasteiger partial charge >= 0.3 is 0 Å². The van der Waals surface area contributed by atoms with Crippen molar-refractivity contribution in [2.75, 3.05) is 0 Å². The molecule has 0 spiro atoms. The molecule has 0 saturated carbocycles. The summed E-state index contributed by atoms with van der Waals surface area (Å²) in [6.07, 6.45) is 0. The zero-order chi connectivity index (χ0) is 18.7. The van der Waals surface area contributed by atoms with Gasteiger partial charge in [-0.25, -0.2) is 0 Å². The molecule has 0 saturated heterocycles. The lowest BCUT2D eigenvalue weighted by molar-refractivity contribution is 0.318. The Balaban J connectivity index is 0.00000261. The molecule has 0 aliphatic heterocycles. The number of nitrogens with two attached hydrogens (primary N) is 2. The molecule has 0 atom stereocenters. The molecular weight excluding hydrogens is 464 g/mol. The van der Waals surface area contributed by atoms with Crippen molar-refractivity contribution in [3.05, 3.63) is 64.7 Å². The predicted molar refractivity (Wildman–Crippen MR) is 119 cm³/mol. The Labute approximate surface area is 189 Å². The third kappa shape index (κ3) is 5.68. The maximum Gasteiger partial charge on any atom is 0.170 e. The summed E-state index contributed by atoms with van der Waals surface area (Å²) >= 11 is 6.27. The second-order valence-electron chi connectivity index (χ2n) is 5.32. The second-order valence-corrected chi connectivity index (χ2v) is 5.73. The highest BCUT2D eigenvalue weighted by molar-refractivity contribution is 6.33. The van der Waals surface area contributed by atoms with Crippen molar-refractivity contribution in [3.63, 3.8) is 0 Å². The topological polar surface area (TPSA) is 143 Å². The van der Waals surface area contributed by atoms with Crippen molar-refractivity contribution < 1.29 is 14.9 Å². The fourth-order valence-electron chi connectivity index (χ4n) is 2.37. The van der Waals surface area contributed by atoms with Crippen molar-refractivity contribution in [2.45, 2.75) is 0 Å². The van der Waals surface area contributed by atoms with Crippen molar-refractivity contribution in [1.29, 1.82) is 0 Å². The van der Waals surface area contributed by atoms with Crippen molar-refractivity contribution >= 4 is 60.5 Å². The zero-order valence-electron chi connectivity index (χ0n) is 14.5. The van der Waals surface area contributed by atoms with E-state index in [0.29, 0.717) is 33.2 Å². The van der Waals surface area contributed by atoms with Gasteiger partial charge in [-0.05, 0) is 18.2 Å². The molecule has 29 heavy (non-hydrogen) atoms. The third-order valence-corrected chi connectivity index (χ3v) is 4.02. The Kier molecular flexibility index (Phi) is 10.3. The Hall–Kier alpha value is -2.65. The van der Waals surface area contributed by atoms with Gasteiger partial charge < -0.3 is 26.4 Å². The molecule has 156 valence electrons. The number of oxime groups is 2. The van der Waals surface area contributed by atoms with E-state index in [1.807, 2.05) is 6.07 Å². The van der Waals surface area contributed by atoms with Crippen LogP contribution in [0.1, 0.15) is 11.1 Å².